The van der Waals surface area contributed by atoms with Crippen molar-refractivity contribution >= 4 is 51.6 Å². The maximum absolute atomic E-state index is 10.3. The summed E-state index contributed by atoms with van der Waals surface area (Å²) in [4.78, 5) is 10.3. The first-order chi connectivity index (χ1) is 3.85. The van der Waals surface area contributed by atoms with E-state index < -0.39 is 15.0 Å². The van der Waals surface area contributed by atoms with Gasteiger partial charge in [-0.25, -0.2) is 0 Å². The molecule has 9 heavy (non-hydrogen) atoms. The fourth-order valence-electron chi connectivity index (χ4n) is 0.129. The summed E-state index contributed by atoms with van der Waals surface area (Å²) in [6, 6.07) is 0. The molecule has 0 fully saturated rings. The van der Waals surface area contributed by atoms with E-state index in [0.717, 1.165) is 0 Å². The first-order valence-electron chi connectivity index (χ1n) is 2.11. The number of alkyl halides is 3. The van der Waals surface area contributed by atoms with E-state index in [1.54, 1.807) is 0 Å². The van der Waals surface area contributed by atoms with Crippen molar-refractivity contribution < 1.29 is 4.79 Å². The third-order valence-electron chi connectivity index (χ3n) is 0.831. The molecule has 0 aromatic carbocycles. The van der Waals surface area contributed by atoms with Crippen LogP contribution in [0, 0.1) is 5.92 Å². The summed E-state index contributed by atoms with van der Waals surface area (Å²) < 4.78 is -1.58. The number of hydrogen-bond acceptors (Lipinski definition) is 1. The predicted molar refractivity (Wildman–Crippen MR) is 40.3 cm³/mol. The predicted octanol–water partition coefficient (Wildman–Crippen LogP) is 2.76. The van der Waals surface area contributed by atoms with Gasteiger partial charge in [0.05, 0.1) is 5.92 Å². The SMILES string of the molecule is CC(C(=O)Cl)C(Cl)(Cl)Cl. The van der Waals surface area contributed by atoms with E-state index in [9.17, 15) is 4.79 Å². The second-order valence-electron chi connectivity index (χ2n) is 1.57. The quantitative estimate of drug-likeness (QED) is 0.480. The van der Waals surface area contributed by atoms with Crippen LogP contribution in [0.2, 0.25) is 0 Å². The third-order valence-corrected chi connectivity index (χ3v) is 2.14. The van der Waals surface area contributed by atoms with Gasteiger partial charge in [-0.1, -0.05) is 41.7 Å². The van der Waals surface area contributed by atoms with Gasteiger partial charge in [0, 0.05) is 0 Å². The van der Waals surface area contributed by atoms with Gasteiger partial charge in [-0.15, -0.1) is 0 Å². The Labute approximate surface area is 73.2 Å². The summed E-state index contributed by atoms with van der Waals surface area (Å²) in [5.41, 5.74) is 0. The molecule has 1 atom stereocenters. The number of halogens is 4. The van der Waals surface area contributed by atoms with Gasteiger partial charge in [-0.2, -0.15) is 0 Å². The summed E-state index contributed by atoms with van der Waals surface area (Å²) in [5, 5.41) is -0.644. The molecule has 0 spiro atoms. The zero-order valence-corrected chi connectivity index (χ0v) is 7.52. The molecule has 0 heterocycles. The largest absolute Gasteiger partial charge is 0.281 e. The molecule has 0 radical (unpaired) electrons. The van der Waals surface area contributed by atoms with E-state index in [0.29, 0.717) is 0 Å². The summed E-state index contributed by atoms with van der Waals surface area (Å²) >= 11 is 20.9. The van der Waals surface area contributed by atoms with Crippen molar-refractivity contribution in [3.63, 3.8) is 0 Å². The highest BCUT2D eigenvalue weighted by atomic mass is 35.6. The minimum atomic E-state index is -1.58. The van der Waals surface area contributed by atoms with Gasteiger partial charge in [-0.05, 0) is 11.6 Å². The fourth-order valence-corrected chi connectivity index (χ4v) is 0.757. The molecule has 1 unspecified atom stereocenters. The normalized spacial score (nSPS) is 15.2. The molecular weight excluding hydrogens is 206 g/mol. The zero-order valence-electron chi connectivity index (χ0n) is 4.50. The lowest BCUT2D eigenvalue weighted by molar-refractivity contribution is -0.114. The van der Waals surface area contributed by atoms with Gasteiger partial charge in [-0.3, -0.25) is 4.79 Å². The van der Waals surface area contributed by atoms with Crippen LogP contribution in [0.4, 0.5) is 0 Å². The maximum atomic E-state index is 10.3. The van der Waals surface area contributed by atoms with Crippen molar-refractivity contribution in [1.29, 1.82) is 0 Å². The second kappa shape index (κ2) is 3.29. The van der Waals surface area contributed by atoms with Crippen LogP contribution in [0.3, 0.4) is 0 Å². The molecule has 1 nitrogen and oxygen atoms in total. The highest BCUT2D eigenvalue weighted by Crippen LogP contribution is 2.35. The Bertz CT molecular complexity index is 116. The van der Waals surface area contributed by atoms with Crippen molar-refractivity contribution in [3.05, 3.63) is 0 Å². The molecule has 0 rings (SSSR count). The molecule has 54 valence electrons. The molecule has 0 aliphatic carbocycles. The molecule has 0 aromatic rings. The third kappa shape index (κ3) is 3.51. The molecule has 5 heteroatoms. The van der Waals surface area contributed by atoms with Gasteiger partial charge in [0.25, 0.3) is 0 Å². The highest BCUT2D eigenvalue weighted by Gasteiger charge is 2.33. The molecule has 0 amide bonds. The van der Waals surface area contributed by atoms with E-state index in [1.807, 2.05) is 0 Å². The molecule has 0 saturated carbocycles. The highest BCUT2D eigenvalue weighted by molar-refractivity contribution is 6.72. The Hall–Kier alpha value is 0.830. The van der Waals surface area contributed by atoms with Crippen LogP contribution < -0.4 is 0 Å². The second-order valence-corrected chi connectivity index (χ2v) is 4.31. The zero-order chi connectivity index (χ0) is 7.65. The monoisotopic (exact) mass is 208 g/mol. The van der Waals surface area contributed by atoms with Crippen molar-refractivity contribution in [2.24, 2.45) is 5.92 Å². The van der Waals surface area contributed by atoms with Gasteiger partial charge >= 0.3 is 0 Å². The van der Waals surface area contributed by atoms with Crippen LogP contribution >= 0.6 is 46.4 Å². The van der Waals surface area contributed by atoms with Crippen molar-refractivity contribution in [1.82, 2.24) is 0 Å². The lowest BCUT2D eigenvalue weighted by Crippen LogP contribution is -2.21. The minimum Gasteiger partial charge on any atom is -0.281 e. The minimum absolute atomic E-state index is 0.644. The molecular formula is C4H4Cl4O. The molecule has 0 saturated heterocycles. The van der Waals surface area contributed by atoms with E-state index in [2.05, 4.69) is 0 Å². The summed E-state index contributed by atoms with van der Waals surface area (Å²) in [6.45, 7) is 1.45. The Morgan fingerprint density at radius 3 is 1.78 bits per heavy atom. The van der Waals surface area contributed by atoms with Crippen molar-refractivity contribution in [3.8, 4) is 0 Å². The lowest BCUT2D eigenvalue weighted by Gasteiger charge is -2.14. The fraction of sp³-hybridized carbons (Fsp3) is 0.750. The number of carbonyl (C=O) groups excluding carboxylic acids is 1. The summed E-state index contributed by atoms with van der Waals surface area (Å²) in [7, 11) is 0. The molecule has 0 bridgehead atoms. The number of hydrogen-bond donors (Lipinski definition) is 0. The van der Waals surface area contributed by atoms with Crippen LogP contribution in [-0.2, 0) is 4.79 Å². The summed E-state index contributed by atoms with van der Waals surface area (Å²) in [5.74, 6) is -0.760. The van der Waals surface area contributed by atoms with Gasteiger partial charge < -0.3 is 0 Å². The van der Waals surface area contributed by atoms with Gasteiger partial charge in [0.15, 0.2) is 0 Å². The Morgan fingerprint density at radius 1 is 1.44 bits per heavy atom. The molecule has 0 aromatic heterocycles. The average Bonchev–Trinajstić information content (AvgIpc) is 1.62. The van der Waals surface area contributed by atoms with Crippen LogP contribution in [0.1, 0.15) is 6.92 Å². The number of carbonyl (C=O) groups is 1. The maximum Gasteiger partial charge on any atom is 0.228 e. The van der Waals surface area contributed by atoms with Crippen LogP contribution in [0.15, 0.2) is 0 Å². The average molecular weight is 210 g/mol. The van der Waals surface area contributed by atoms with Gasteiger partial charge in [0.1, 0.15) is 0 Å². The smallest absolute Gasteiger partial charge is 0.228 e. The van der Waals surface area contributed by atoms with Crippen LogP contribution in [0.5, 0.6) is 0 Å². The number of rotatable bonds is 1. The Morgan fingerprint density at radius 2 is 1.78 bits per heavy atom. The molecule has 0 aliphatic rings. The Kier molecular flexibility index (Phi) is 3.59. The van der Waals surface area contributed by atoms with E-state index >= 15 is 0 Å². The van der Waals surface area contributed by atoms with Crippen molar-refractivity contribution in [2.45, 2.75) is 10.7 Å². The standard InChI is InChI=1S/C4H4Cl4O/c1-2(3(5)9)4(6,7)8/h2H,1H3. The van der Waals surface area contributed by atoms with E-state index in [-0.39, 0.29) is 0 Å². The molecule has 0 aliphatic heterocycles. The van der Waals surface area contributed by atoms with E-state index in [4.69, 9.17) is 46.4 Å². The molecule has 0 N–H and O–H groups in total. The lowest BCUT2D eigenvalue weighted by atomic mass is 10.2. The first kappa shape index (κ1) is 9.83. The van der Waals surface area contributed by atoms with Crippen molar-refractivity contribution in [2.75, 3.05) is 0 Å². The van der Waals surface area contributed by atoms with E-state index in [1.165, 1.54) is 6.92 Å². The first-order valence-corrected chi connectivity index (χ1v) is 3.63. The Balaban J connectivity index is 4.04. The summed E-state index contributed by atoms with van der Waals surface area (Å²) in [6.07, 6.45) is 0. The topological polar surface area (TPSA) is 17.1 Å². The van der Waals surface area contributed by atoms with Crippen LogP contribution in [0.25, 0.3) is 0 Å². The van der Waals surface area contributed by atoms with Gasteiger partial charge in [0.2, 0.25) is 9.03 Å². The van der Waals surface area contributed by atoms with Crippen LogP contribution in [-0.4, -0.2) is 9.03 Å².